The van der Waals surface area contributed by atoms with Gasteiger partial charge in [-0.3, -0.25) is 4.79 Å². The van der Waals surface area contributed by atoms with E-state index in [1.165, 1.54) is 18.3 Å². The average Bonchev–Trinajstić information content (AvgIpc) is 2.90. The van der Waals surface area contributed by atoms with Crippen LogP contribution in [-0.2, 0) is 21.4 Å². The van der Waals surface area contributed by atoms with Crippen molar-refractivity contribution in [3.05, 3.63) is 126 Å². The molecule has 0 aliphatic heterocycles. The van der Waals surface area contributed by atoms with Crippen LogP contribution in [0.2, 0.25) is 0 Å². The first-order valence-electron chi connectivity index (χ1n) is 11.2. The minimum absolute atomic E-state index is 0.0497. The predicted octanol–water partition coefficient (Wildman–Crippen LogP) is 4.82. The highest BCUT2D eigenvalue weighted by molar-refractivity contribution is 7.89. The molecule has 0 heterocycles. The van der Waals surface area contributed by atoms with Gasteiger partial charge in [0, 0.05) is 6.54 Å². The Morgan fingerprint density at radius 3 is 2.11 bits per heavy atom. The van der Waals surface area contributed by atoms with E-state index in [-0.39, 0.29) is 18.0 Å². The van der Waals surface area contributed by atoms with Crippen LogP contribution in [0.5, 0.6) is 11.5 Å². The molecule has 0 bridgehead atoms. The number of carbonyl (C=O) groups is 1. The van der Waals surface area contributed by atoms with E-state index in [1.807, 2.05) is 78.9 Å². The van der Waals surface area contributed by atoms with Gasteiger partial charge >= 0.3 is 0 Å². The van der Waals surface area contributed by atoms with E-state index in [4.69, 9.17) is 4.74 Å². The second-order valence-electron chi connectivity index (χ2n) is 7.85. The van der Waals surface area contributed by atoms with E-state index in [9.17, 15) is 13.2 Å². The summed E-state index contributed by atoms with van der Waals surface area (Å²) in [5.41, 5.74) is 3.90. The number of hydrogen-bond acceptors (Lipinski definition) is 5. The van der Waals surface area contributed by atoms with Gasteiger partial charge in [0.2, 0.25) is 10.0 Å². The summed E-state index contributed by atoms with van der Waals surface area (Å²) in [5.74, 6) is 0.774. The maximum atomic E-state index is 13.2. The van der Waals surface area contributed by atoms with Crippen molar-refractivity contribution in [2.45, 2.75) is 11.4 Å². The molecule has 0 aromatic heterocycles. The number of hydrazone groups is 1. The number of para-hydroxylation sites is 1. The highest BCUT2D eigenvalue weighted by Gasteiger charge is 2.26. The highest BCUT2D eigenvalue weighted by atomic mass is 32.2. The Labute approximate surface area is 210 Å². The predicted molar refractivity (Wildman–Crippen MR) is 139 cm³/mol. The largest absolute Gasteiger partial charge is 0.457 e. The van der Waals surface area contributed by atoms with E-state index in [1.54, 1.807) is 24.3 Å². The molecule has 182 valence electrons. The van der Waals surface area contributed by atoms with Gasteiger partial charge < -0.3 is 4.74 Å². The molecule has 8 heteroatoms. The lowest BCUT2D eigenvalue weighted by Gasteiger charge is -2.21. The van der Waals surface area contributed by atoms with Crippen LogP contribution in [0, 0.1) is 0 Å². The summed E-state index contributed by atoms with van der Waals surface area (Å²) >= 11 is 0. The van der Waals surface area contributed by atoms with Crippen LogP contribution in [0.3, 0.4) is 0 Å². The van der Waals surface area contributed by atoms with Gasteiger partial charge in [0.1, 0.15) is 11.5 Å². The Morgan fingerprint density at radius 1 is 0.806 bits per heavy atom. The van der Waals surface area contributed by atoms with Crippen LogP contribution in [0.1, 0.15) is 11.1 Å². The second-order valence-corrected chi connectivity index (χ2v) is 9.79. The van der Waals surface area contributed by atoms with Crippen molar-refractivity contribution in [1.29, 1.82) is 0 Å². The molecule has 4 aromatic rings. The Bertz CT molecular complexity index is 1410. The summed E-state index contributed by atoms with van der Waals surface area (Å²) in [5, 5.41) is 4.00. The zero-order chi connectivity index (χ0) is 25.2. The van der Waals surface area contributed by atoms with Crippen molar-refractivity contribution >= 4 is 22.1 Å². The van der Waals surface area contributed by atoms with Crippen LogP contribution >= 0.6 is 0 Å². The molecule has 0 spiro atoms. The Morgan fingerprint density at radius 2 is 1.42 bits per heavy atom. The monoisotopic (exact) mass is 499 g/mol. The topological polar surface area (TPSA) is 88.1 Å². The first-order chi connectivity index (χ1) is 17.5. The number of rotatable bonds is 10. The maximum absolute atomic E-state index is 13.2. The minimum atomic E-state index is -3.90. The lowest BCUT2D eigenvalue weighted by Crippen LogP contribution is -2.39. The fourth-order valence-electron chi connectivity index (χ4n) is 3.41. The minimum Gasteiger partial charge on any atom is -0.457 e. The molecular weight excluding hydrogens is 474 g/mol. The molecular formula is C28H25N3O4S. The van der Waals surface area contributed by atoms with Gasteiger partial charge in [-0.05, 0) is 47.5 Å². The zero-order valence-electron chi connectivity index (χ0n) is 19.4. The molecule has 4 rings (SSSR count). The number of nitrogens with zero attached hydrogens (tertiary/aromatic N) is 2. The van der Waals surface area contributed by atoms with Crippen molar-refractivity contribution in [1.82, 2.24) is 9.73 Å². The third-order valence-corrected chi connectivity index (χ3v) is 6.95. The van der Waals surface area contributed by atoms with Gasteiger partial charge in [-0.25, -0.2) is 13.8 Å². The first kappa shape index (κ1) is 24.8. The van der Waals surface area contributed by atoms with Crippen molar-refractivity contribution in [3.63, 3.8) is 0 Å². The smallest absolute Gasteiger partial charge is 0.255 e. The summed E-state index contributed by atoms with van der Waals surface area (Å²) in [7, 11) is -3.90. The molecule has 0 unspecified atom stereocenters. The Kier molecular flexibility index (Phi) is 8.23. The SMILES string of the molecule is O=C(CN(Cc1ccccc1)S(=O)(=O)c1ccccc1)N/N=C\c1cccc(Oc2ccccc2)c1. The molecule has 0 radical (unpaired) electrons. The molecule has 36 heavy (non-hydrogen) atoms. The number of sulfonamides is 1. The molecule has 0 aliphatic carbocycles. The second kappa shape index (κ2) is 11.9. The number of hydrogen-bond donors (Lipinski definition) is 1. The lowest BCUT2D eigenvalue weighted by atomic mass is 10.2. The van der Waals surface area contributed by atoms with Gasteiger partial charge in [0.15, 0.2) is 0 Å². The van der Waals surface area contributed by atoms with Gasteiger partial charge in [0.05, 0.1) is 17.7 Å². The summed E-state index contributed by atoms with van der Waals surface area (Å²) in [6, 6.07) is 33.8. The highest BCUT2D eigenvalue weighted by Crippen LogP contribution is 2.21. The number of nitrogens with one attached hydrogen (secondary N) is 1. The molecule has 0 atom stereocenters. The summed E-state index contributed by atoms with van der Waals surface area (Å²) < 4.78 is 33.4. The van der Waals surface area contributed by atoms with E-state index in [0.717, 1.165) is 9.87 Å². The van der Waals surface area contributed by atoms with Crippen LogP contribution in [0.25, 0.3) is 0 Å². The molecule has 1 N–H and O–H groups in total. The van der Waals surface area contributed by atoms with Crippen molar-refractivity contribution in [2.75, 3.05) is 6.54 Å². The van der Waals surface area contributed by atoms with Crippen molar-refractivity contribution < 1.29 is 17.9 Å². The van der Waals surface area contributed by atoms with Crippen molar-refractivity contribution in [2.24, 2.45) is 5.10 Å². The van der Waals surface area contributed by atoms with E-state index >= 15 is 0 Å². The summed E-state index contributed by atoms with van der Waals surface area (Å²) in [6.07, 6.45) is 1.48. The molecule has 7 nitrogen and oxygen atoms in total. The molecule has 4 aromatic carbocycles. The fraction of sp³-hybridized carbons (Fsp3) is 0.0714. The maximum Gasteiger partial charge on any atom is 0.255 e. The quantitative estimate of drug-likeness (QED) is 0.250. The molecule has 0 aliphatic rings. The third-order valence-electron chi connectivity index (χ3n) is 5.14. The van der Waals surface area contributed by atoms with Crippen LogP contribution < -0.4 is 10.2 Å². The van der Waals surface area contributed by atoms with Gasteiger partial charge in [-0.15, -0.1) is 0 Å². The summed E-state index contributed by atoms with van der Waals surface area (Å²) in [4.78, 5) is 12.8. The Hall–Kier alpha value is -4.27. The summed E-state index contributed by atoms with van der Waals surface area (Å²) in [6.45, 7) is -0.339. The van der Waals surface area contributed by atoms with Gasteiger partial charge in [0.25, 0.3) is 5.91 Å². The fourth-order valence-corrected chi connectivity index (χ4v) is 4.82. The zero-order valence-corrected chi connectivity index (χ0v) is 20.2. The van der Waals surface area contributed by atoms with E-state index < -0.39 is 15.9 Å². The third kappa shape index (κ3) is 6.88. The molecule has 0 fully saturated rings. The number of carbonyl (C=O) groups excluding carboxylic acids is 1. The van der Waals surface area contributed by atoms with E-state index in [2.05, 4.69) is 10.5 Å². The standard InChI is InChI=1S/C28H25N3O4S/c32-28(30-29-20-24-13-10-16-26(19-24)35-25-14-6-2-7-15-25)22-31(21-23-11-4-1-5-12-23)36(33,34)27-17-8-3-9-18-27/h1-20H,21-22H2,(H,30,32)/b29-20-. The van der Waals surface area contributed by atoms with Crippen LogP contribution in [-0.4, -0.2) is 31.4 Å². The average molecular weight is 500 g/mol. The van der Waals surface area contributed by atoms with E-state index in [0.29, 0.717) is 17.1 Å². The van der Waals surface area contributed by atoms with Gasteiger partial charge in [-0.1, -0.05) is 78.9 Å². The number of amides is 1. The lowest BCUT2D eigenvalue weighted by molar-refractivity contribution is -0.121. The van der Waals surface area contributed by atoms with Crippen molar-refractivity contribution in [3.8, 4) is 11.5 Å². The van der Waals surface area contributed by atoms with Crippen LogP contribution in [0.15, 0.2) is 125 Å². The van der Waals surface area contributed by atoms with Crippen LogP contribution in [0.4, 0.5) is 0 Å². The number of ether oxygens (including phenoxy) is 1. The number of benzene rings is 4. The Balaban J connectivity index is 1.43. The van der Waals surface area contributed by atoms with Gasteiger partial charge in [-0.2, -0.15) is 9.41 Å². The molecule has 0 saturated carbocycles. The first-order valence-corrected chi connectivity index (χ1v) is 12.7. The molecule has 1 amide bonds. The normalized spacial score (nSPS) is 11.5. The molecule has 0 saturated heterocycles.